The first-order valence-electron chi connectivity index (χ1n) is 8.64. The number of para-hydroxylation sites is 3. The molecule has 0 fully saturated rings. The van der Waals surface area contributed by atoms with Crippen LogP contribution >= 0.6 is 0 Å². The molecule has 1 aromatic heterocycles. The summed E-state index contributed by atoms with van der Waals surface area (Å²) in [5.41, 5.74) is -3.08. The molecule has 2 aromatic carbocycles. The standard InChI is InChI=1S/C20H16F3N3O4/c1-30-16-9-5-4-8-15(16)26-11-10-25(18(28)19(26)29)12-17(27)24-14-7-3-2-6-13(14)20(21,22)23/h2-11H,12H2,1H3,(H,24,27). The Balaban J connectivity index is 1.87. The fourth-order valence-corrected chi connectivity index (χ4v) is 2.84. The van der Waals surface area contributed by atoms with E-state index in [0.717, 1.165) is 21.3 Å². The third kappa shape index (κ3) is 4.27. The van der Waals surface area contributed by atoms with Gasteiger partial charge in [0.05, 0.1) is 24.0 Å². The molecule has 0 aliphatic rings. The number of aromatic nitrogens is 2. The molecule has 1 heterocycles. The zero-order valence-corrected chi connectivity index (χ0v) is 15.6. The van der Waals surface area contributed by atoms with E-state index in [-0.39, 0.29) is 0 Å². The summed E-state index contributed by atoms with van der Waals surface area (Å²) in [6.07, 6.45) is -2.18. The molecule has 0 spiro atoms. The van der Waals surface area contributed by atoms with E-state index in [1.165, 1.54) is 31.6 Å². The van der Waals surface area contributed by atoms with Gasteiger partial charge in [0.2, 0.25) is 5.91 Å². The number of hydrogen-bond donors (Lipinski definition) is 1. The van der Waals surface area contributed by atoms with Crippen molar-refractivity contribution in [2.45, 2.75) is 12.7 Å². The number of nitrogens with one attached hydrogen (secondary N) is 1. The van der Waals surface area contributed by atoms with Gasteiger partial charge in [0.15, 0.2) is 0 Å². The van der Waals surface area contributed by atoms with Gasteiger partial charge in [0.25, 0.3) is 0 Å². The zero-order chi connectivity index (χ0) is 21.9. The van der Waals surface area contributed by atoms with Gasteiger partial charge in [-0.25, -0.2) is 0 Å². The average Bonchev–Trinajstić information content (AvgIpc) is 2.71. The molecule has 0 radical (unpaired) electrons. The van der Waals surface area contributed by atoms with Gasteiger partial charge in [-0.05, 0) is 24.3 Å². The smallest absolute Gasteiger partial charge is 0.418 e. The van der Waals surface area contributed by atoms with Gasteiger partial charge in [0.1, 0.15) is 12.3 Å². The third-order valence-electron chi connectivity index (χ3n) is 4.22. The van der Waals surface area contributed by atoms with Gasteiger partial charge in [-0.3, -0.25) is 23.5 Å². The SMILES string of the molecule is COc1ccccc1-n1ccn(CC(=O)Nc2ccccc2C(F)(F)F)c(=O)c1=O. The molecule has 0 aliphatic carbocycles. The molecule has 0 bridgehead atoms. The quantitative estimate of drug-likeness (QED) is 0.645. The number of methoxy groups -OCH3 is 1. The number of hydrogen-bond acceptors (Lipinski definition) is 4. The molecule has 3 rings (SSSR count). The van der Waals surface area contributed by atoms with Crippen LogP contribution in [-0.4, -0.2) is 22.2 Å². The minimum atomic E-state index is -4.66. The van der Waals surface area contributed by atoms with Crippen molar-refractivity contribution >= 4 is 11.6 Å². The number of halogens is 3. The van der Waals surface area contributed by atoms with Gasteiger partial charge in [-0.1, -0.05) is 24.3 Å². The van der Waals surface area contributed by atoms with Crippen molar-refractivity contribution in [2.24, 2.45) is 0 Å². The number of benzene rings is 2. The fraction of sp³-hybridized carbons (Fsp3) is 0.150. The van der Waals surface area contributed by atoms with E-state index in [9.17, 15) is 27.6 Å². The summed E-state index contributed by atoms with van der Waals surface area (Å²) < 4.78 is 46.2. The minimum absolute atomic E-state index is 0.331. The summed E-state index contributed by atoms with van der Waals surface area (Å²) in [6.45, 7) is -0.632. The van der Waals surface area contributed by atoms with Crippen LogP contribution in [0.4, 0.5) is 18.9 Å². The number of carbonyl (C=O) groups excluding carboxylic acids is 1. The first-order valence-corrected chi connectivity index (χ1v) is 8.64. The lowest BCUT2D eigenvalue weighted by Gasteiger charge is -2.14. The Morgan fingerprint density at radius 1 is 1.00 bits per heavy atom. The summed E-state index contributed by atoms with van der Waals surface area (Å²) in [5.74, 6) is -0.526. The van der Waals surface area contributed by atoms with Crippen molar-refractivity contribution in [3.05, 3.63) is 87.2 Å². The highest BCUT2D eigenvalue weighted by Gasteiger charge is 2.33. The van der Waals surface area contributed by atoms with Gasteiger partial charge in [-0.2, -0.15) is 13.2 Å². The van der Waals surface area contributed by atoms with E-state index >= 15 is 0 Å². The molecule has 0 unspecified atom stereocenters. The van der Waals surface area contributed by atoms with Gasteiger partial charge in [-0.15, -0.1) is 0 Å². The Labute approximate surface area is 168 Å². The molecule has 0 saturated carbocycles. The van der Waals surface area contributed by atoms with Crippen LogP contribution in [0.25, 0.3) is 5.69 Å². The average molecular weight is 419 g/mol. The second-order valence-electron chi connectivity index (χ2n) is 6.17. The topological polar surface area (TPSA) is 82.3 Å². The molecule has 30 heavy (non-hydrogen) atoms. The molecule has 0 saturated heterocycles. The number of alkyl halides is 3. The fourth-order valence-electron chi connectivity index (χ4n) is 2.84. The largest absolute Gasteiger partial charge is 0.495 e. The Hall–Kier alpha value is -3.82. The maximum atomic E-state index is 13.0. The lowest BCUT2D eigenvalue weighted by molar-refractivity contribution is -0.137. The number of ether oxygens (including phenoxy) is 1. The second-order valence-corrected chi connectivity index (χ2v) is 6.17. The Bertz CT molecular complexity index is 1200. The Kier molecular flexibility index (Phi) is 5.77. The van der Waals surface area contributed by atoms with Crippen molar-refractivity contribution < 1.29 is 22.7 Å². The molecule has 156 valence electrons. The number of carbonyl (C=O) groups is 1. The first-order chi connectivity index (χ1) is 14.2. The van der Waals surface area contributed by atoms with Crippen molar-refractivity contribution in [3.8, 4) is 11.4 Å². The normalized spacial score (nSPS) is 11.2. The van der Waals surface area contributed by atoms with Crippen molar-refractivity contribution in [1.29, 1.82) is 0 Å². The van der Waals surface area contributed by atoms with E-state index < -0.39 is 41.0 Å². The summed E-state index contributed by atoms with van der Waals surface area (Å²) in [4.78, 5) is 37.1. The summed E-state index contributed by atoms with van der Waals surface area (Å²) in [7, 11) is 1.41. The van der Waals surface area contributed by atoms with Crippen LogP contribution in [0.2, 0.25) is 0 Å². The highest BCUT2D eigenvalue weighted by atomic mass is 19.4. The molecule has 1 amide bonds. The molecular formula is C20H16F3N3O4. The maximum Gasteiger partial charge on any atom is 0.418 e. The zero-order valence-electron chi connectivity index (χ0n) is 15.6. The molecule has 1 N–H and O–H groups in total. The number of anilines is 1. The Morgan fingerprint density at radius 3 is 2.37 bits per heavy atom. The lowest BCUT2D eigenvalue weighted by Crippen LogP contribution is -2.41. The molecule has 0 aliphatic heterocycles. The summed E-state index contributed by atoms with van der Waals surface area (Å²) in [6, 6.07) is 11.0. The van der Waals surface area contributed by atoms with Gasteiger partial charge >= 0.3 is 17.3 Å². The number of rotatable bonds is 5. The van der Waals surface area contributed by atoms with E-state index in [4.69, 9.17) is 4.74 Å². The predicted molar refractivity (Wildman–Crippen MR) is 103 cm³/mol. The Morgan fingerprint density at radius 2 is 1.67 bits per heavy atom. The molecular weight excluding hydrogens is 403 g/mol. The van der Waals surface area contributed by atoms with Crippen molar-refractivity contribution in [1.82, 2.24) is 9.13 Å². The lowest BCUT2D eigenvalue weighted by atomic mass is 10.1. The highest BCUT2D eigenvalue weighted by molar-refractivity contribution is 5.91. The second kappa shape index (κ2) is 8.27. The third-order valence-corrected chi connectivity index (χ3v) is 4.22. The molecule has 10 heteroatoms. The summed E-state index contributed by atoms with van der Waals surface area (Å²) >= 11 is 0. The van der Waals surface area contributed by atoms with Crippen LogP contribution in [0.5, 0.6) is 5.75 Å². The summed E-state index contributed by atoms with van der Waals surface area (Å²) in [5, 5.41) is 2.13. The van der Waals surface area contributed by atoms with Crippen LogP contribution in [0.1, 0.15) is 5.56 Å². The van der Waals surface area contributed by atoms with E-state index in [2.05, 4.69) is 5.32 Å². The number of amides is 1. The van der Waals surface area contributed by atoms with Crippen LogP contribution in [0.3, 0.4) is 0 Å². The molecule has 3 aromatic rings. The number of nitrogens with zero attached hydrogens (tertiary/aromatic N) is 2. The van der Waals surface area contributed by atoms with E-state index in [0.29, 0.717) is 11.4 Å². The molecule has 0 atom stereocenters. The van der Waals surface area contributed by atoms with Crippen LogP contribution < -0.4 is 21.2 Å². The predicted octanol–water partition coefficient (Wildman–Crippen LogP) is 2.67. The van der Waals surface area contributed by atoms with E-state index in [1.54, 1.807) is 24.3 Å². The van der Waals surface area contributed by atoms with Crippen molar-refractivity contribution in [3.63, 3.8) is 0 Å². The van der Waals surface area contributed by atoms with Crippen LogP contribution in [-0.2, 0) is 17.5 Å². The molecule has 7 nitrogen and oxygen atoms in total. The maximum absolute atomic E-state index is 13.0. The van der Waals surface area contributed by atoms with Crippen LogP contribution in [0, 0.1) is 0 Å². The first kappa shape index (κ1) is 20.9. The van der Waals surface area contributed by atoms with Gasteiger partial charge < -0.3 is 10.1 Å². The highest BCUT2D eigenvalue weighted by Crippen LogP contribution is 2.34. The van der Waals surface area contributed by atoms with Crippen LogP contribution in [0.15, 0.2) is 70.5 Å². The van der Waals surface area contributed by atoms with E-state index in [1.807, 2.05) is 0 Å². The van der Waals surface area contributed by atoms with Gasteiger partial charge in [0, 0.05) is 12.4 Å². The minimum Gasteiger partial charge on any atom is -0.495 e. The van der Waals surface area contributed by atoms with Crippen molar-refractivity contribution in [2.75, 3.05) is 12.4 Å². The monoisotopic (exact) mass is 419 g/mol.